The van der Waals surface area contributed by atoms with Gasteiger partial charge in [0.15, 0.2) is 0 Å². The van der Waals surface area contributed by atoms with Gasteiger partial charge in [-0.15, -0.1) is 5.10 Å². The lowest BCUT2D eigenvalue weighted by Gasteiger charge is -2.05. The summed E-state index contributed by atoms with van der Waals surface area (Å²) in [6.07, 6.45) is 0. The molecule has 1 aromatic heterocycles. The van der Waals surface area contributed by atoms with Gasteiger partial charge in [0.25, 0.3) is 5.69 Å². The molecule has 7 nitrogen and oxygen atoms in total. The molecule has 94 valence electrons. The number of benzene rings is 2. The molecule has 3 rings (SSSR count). The summed E-state index contributed by atoms with van der Waals surface area (Å²) < 4.78 is 1.56. The molecule has 0 spiro atoms. The Hall–Kier alpha value is -2.96. The zero-order valence-corrected chi connectivity index (χ0v) is 9.72. The Morgan fingerprint density at radius 2 is 2.00 bits per heavy atom. The van der Waals surface area contributed by atoms with E-state index in [2.05, 4.69) is 10.3 Å². The summed E-state index contributed by atoms with van der Waals surface area (Å²) in [5, 5.41) is 18.7. The zero-order valence-electron chi connectivity index (χ0n) is 9.72. The van der Waals surface area contributed by atoms with Crippen LogP contribution in [0.2, 0.25) is 0 Å². The molecule has 19 heavy (non-hydrogen) atoms. The molecule has 3 aromatic rings. The molecule has 0 bridgehead atoms. The van der Waals surface area contributed by atoms with Crippen molar-refractivity contribution in [1.29, 1.82) is 0 Å². The topological polar surface area (TPSA) is 99.9 Å². The summed E-state index contributed by atoms with van der Waals surface area (Å²) in [6.45, 7) is 0. The largest absolute Gasteiger partial charge is 0.397 e. The van der Waals surface area contributed by atoms with Crippen LogP contribution in [0.3, 0.4) is 0 Å². The van der Waals surface area contributed by atoms with E-state index in [1.807, 2.05) is 24.3 Å². The van der Waals surface area contributed by atoms with Gasteiger partial charge in [-0.2, -0.15) is 0 Å². The van der Waals surface area contributed by atoms with E-state index in [9.17, 15) is 10.1 Å². The highest BCUT2D eigenvalue weighted by molar-refractivity contribution is 5.78. The van der Waals surface area contributed by atoms with Gasteiger partial charge in [0.2, 0.25) is 0 Å². The molecule has 2 aromatic carbocycles. The van der Waals surface area contributed by atoms with E-state index in [1.165, 1.54) is 12.1 Å². The highest BCUT2D eigenvalue weighted by atomic mass is 16.6. The molecule has 0 radical (unpaired) electrons. The molecule has 0 saturated carbocycles. The van der Waals surface area contributed by atoms with Crippen LogP contribution in [0, 0.1) is 10.1 Å². The molecule has 7 heteroatoms. The molecule has 0 atom stereocenters. The third-order valence-corrected chi connectivity index (χ3v) is 2.80. The minimum absolute atomic E-state index is 0.0503. The SMILES string of the molecule is Nc1cc([N+](=O)[O-])ccc1-n1nnc2ccccc21. The highest BCUT2D eigenvalue weighted by Crippen LogP contribution is 2.25. The van der Waals surface area contributed by atoms with E-state index in [4.69, 9.17) is 5.73 Å². The number of anilines is 1. The number of aromatic nitrogens is 3. The van der Waals surface area contributed by atoms with Crippen LogP contribution >= 0.6 is 0 Å². The van der Waals surface area contributed by atoms with Gasteiger partial charge < -0.3 is 5.73 Å². The summed E-state index contributed by atoms with van der Waals surface area (Å²) in [7, 11) is 0. The van der Waals surface area contributed by atoms with Crippen LogP contribution in [0.4, 0.5) is 11.4 Å². The lowest BCUT2D eigenvalue weighted by Crippen LogP contribution is -2.02. The Labute approximate surface area is 107 Å². The Kier molecular flexibility index (Phi) is 2.38. The third kappa shape index (κ3) is 1.77. The number of nitro benzene ring substituents is 1. The van der Waals surface area contributed by atoms with E-state index in [0.29, 0.717) is 5.69 Å². The van der Waals surface area contributed by atoms with Crippen LogP contribution < -0.4 is 5.73 Å². The number of non-ortho nitro benzene ring substituents is 1. The van der Waals surface area contributed by atoms with Crippen molar-refractivity contribution in [2.75, 3.05) is 5.73 Å². The van der Waals surface area contributed by atoms with Crippen molar-refractivity contribution in [1.82, 2.24) is 15.0 Å². The number of hydrogen-bond acceptors (Lipinski definition) is 5. The smallest absolute Gasteiger partial charge is 0.271 e. The Bertz CT molecular complexity index is 781. The molecule has 0 fully saturated rings. The van der Waals surface area contributed by atoms with Crippen LogP contribution in [-0.4, -0.2) is 19.9 Å². The number of nitro groups is 1. The average molecular weight is 255 g/mol. The van der Waals surface area contributed by atoms with E-state index >= 15 is 0 Å². The second-order valence-electron chi connectivity index (χ2n) is 3.99. The minimum Gasteiger partial charge on any atom is -0.397 e. The molecule has 0 amide bonds. The van der Waals surface area contributed by atoms with Crippen LogP contribution in [0.15, 0.2) is 42.5 Å². The van der Waals surface area contributed by atoms with Gasteiger partial charge >= 0.3 is 0 Å². The molecule has 0 unspecified atom stereocenters. The van der Waals surface area contributed by atoms with Crippen molar-refractivity contribution >= 4 is 22.4 Å². The van der Waals surface area contributed by atoms with Gasteiger partial charge in [-0.3, -0.25) is 10.1 Å². The van der Waals surface area contributed by atoms with Gasteiger partial charge in [0, 0.05) is 12.1 Å². The van der Waals surface area contributed by atoms with Gasteiger partial charge in [-0.05, 0) is 18.2 Å². The normalized spacial score (nSPS) is 10.7. The molecule has 0 aliphatic heterocycles. The molecular formula is C12H9N5O2. The standard InChI is InChI=1S/C12H9N5O2/c13-9-7-8(17(18)19)5-6-11(9)16-12-4-2-1-3-10(12)14-15-16/h1-7H,13H2. The third-order valence-electron chi connectivity index (χ3n) is 2.80. The second-order valence-corrected chi connectivity index (χ2v) is 3.99. The van der Waals surface area contributed by atoms with Gasteiger partial charge in [-0.25, -0.2) is 4.68 Å². The first-order valence-electron chi connectivity index (χ1n) is 5.51. The summed E-state index contributed by atoms with van der Waals surface area (Å²) >= 11 is 0. The fraction of sp³-hybridized carbons (Fsp3) is 0. The predicted molar refractivity (Wildman–Crippen MR) is 69.9 cm³/mol. The number of nitrogens with zero attached hydrogens (tertiary/aromatic N) is 4. The first kappa shape index (κ1) is 11.1. The predicted octanol–water partition coefficient (Wildman–Crippen LogP) is 1.91. The second kappa shape index (κ2) is 4.05. The molecule has 1 heterocycles. The van der Waals surface area contributed by atoms with E-state index in [0.717, 1.165) is 11.0 Å². The number of nitrogen functional groups attached to an aromatic ring is 1. The Morgan fingerprint density at radius 3 is 2.74 bits per heavy atom. The Balaban J connectivity index is 2.19. The lowest BCUT2D eigenvalue weighted by atomic mass is 10.2. The number of para-hydroxylation sites is 1. The summed E-state index contributed by atoms with van der Waals surface area (Å²) in [5.41, 5.74) is 8.18. The minimum atomic E-state index is -0.487. The highest BCUT2D eigenvalue weighted by Gasteiger charge is 2.12. The maximum atomic E-state index is 10.7. The average Bonchev–Trinajstić information content (AvgIpc) is 2.82. The van der Waals surface area contributed by atoms with Crippen LogP contribution in [0.1, 0.15) is 0 Å². The van der Waals surface area contributed by atoms with Crippen molar-refractivity contribution in [3.05, 3.63) is 52.6 Å². The van der Waals surface area contributed by atoms with Crippen molar-refractivity contribution in [2.24, 2.45) is 0 Å². The summed E-state index contributed by atoms with van der Waals surface area (Å²) in [4.78, 5) is 10.2. The quantitative estimate of drug-likeness (QED) is 0.428. The fourth-order valence-corrected chi connectivity index (χ4v) is 1.90. The van der Waals surface area contributed by atoms with Crippen LogP contribution in [0.25, 0.3) is 16.7 Å². The number of rotatable bonds is 2. The molecule has 2 N–H and O–H groups in total. The molecule has 0 aliphatic carbocycles. The maximum absolute atomic E-state index is 10.7. The molecule has 0 aliphatic rings. The van der Waals surface area contributed by atoms with E-state index in [-0.39, 0.29) is 11.4 Å². The van der Waals surface area contributed by atoms with E-state index in [1.54, 1.807) is 10.7 Å². The van der Waals surface area contributed by atoms with Crippen molar-refractivity contribution in [3.8, 4) is 5.69 Å². The molecule has 0 saturated heterocycles. The van der Waals surface area contributed by atoms with E-state index < -0.39 is 4.92 Å². The summed E-state index contributed by atoms with van der Waals surface area (Å²) in [6, 6.07) is 11.7. The first-order chi connectivity index (χ1) is 9.16. The number of nitrogens with two attached hydrogens (primary N) is 1. The van der Waals surface area contributed by atoms with Crippen molar-refractivity contribution in [2.45, 2.75) is 0 Å². The summed E-state index contributed by atoms with van der Waals surface area (Å²) in [5.74, 6) is 0. The van der Waals surface area contributed by atoms with Gasteiger partial charge in [0.1, 0.15) is 5.52 Å². The lowest BCUT2D eigenvalue weighted by molar-refractivity contribution is -0.384. The zero-order chi connectivity index (χ0) is 13.4. The fourth-order valence-electron chi connectivity index (χ4n) is 1.90. The van der Waals surface area contributed by atoms with Crippen LogP contribution in [-0.2, 0) is 0 Å². The molecular weight excluding hydrogens is 246 g/mol. The van der Waals surface area contributed by atoms with Crippen LogP contribution in [0.5, 0.6) is 0 Å². The number of fused-ring (bicyclic) bond motifs is 1. The van der Waals surface area contributed by atoms with Gasteiger partial charge in [0.05, 0.1) is 21.8 Å². The maximum Gasteiger partial charge on any atom is 0.271 e. The number of hydrogen-bond donors (Lipinski definition) is 1. The van der Waals surface area contributed by atoms with Gasteiger partial charge in [-0.1, -0.05) is 17.3 Å². The van der Waals surface area contributed by atoms with Crippen molar-refractivity contribution < 1.29 is 4.92 Å². The monoisotopic (exact) mass is 255 g/mol. The first-order valence-corrected chi connectivity index (χ1v) is 5.51. The Morgan fingerprint density at radius 1 is 1.21 bits per heavy atom. The van der Waals surface area contributed by atoms with Crippen molar-refractivity contribution in [3.63, 3.8) is 0 Å².